The number of unbranched alkanes of at least 4 members (excludes halogenated alkanes) is 8. The van der Waals surface area contributed by atoms with Crippen LogP contribution >= 0.6 is 0 Å². The lowest BCUT2D eigenvalue weighted by Gasteiger charge is -2.02. The van der Waals surface area contributed by atoms with Crippen molar-refractivity contribution in [2.45, 2.75) is 90.9 Å². The number of carboxylic acids is 1. The van der Waals surface area contributed by atoms with Gasteiger partial charge in [0.15, 0.2) is 0 Å². The number of hydrogen-bond donors (Lipinski definition) is 1. The minimum absolute atomic E-state index is 0.320. The first kappa shape index (κ1) is 18.2. The number of aliphatic carboxylic acids is 1. The summed E-state index contributed by atoms with van der Waals surface area (Å²) in [5, 5.41) is 8.53. The van der Waals surface area contributed by atoms with Gasteiger partial charge in [-0.05, 0) is 39.0 Å². The average molecular weight is 268 g/mol. The minimum Gasteiger partial charge on any atom is -0.481 e. The van der Waals surface area contributed by atoms with Crippen molar-refractivity contribution in [1.82, 2.24) is 0 Å². The van der Waals surface area contributed by atoms with Crippen molar-refractivity contribution >= 4 is 5.97 Å². The Bertz CT molecular complexity index is 244. The summed E-state index contributed by atoms with van der Waals surface area (Å²) in [6.45, 7) is 4.46. The number of hydrogen-bond acceptors (Lipinski definition) is 1. The molecule has 0 amide bonds. The Morgan fingerprint density at radius 2 is 1.47 bits per heavy atom. The number of carboxylic acid groups (broad SMARTS) is 1. The van der Waals surface area contributed by atoms with E-state index >= 15 is 0 Å². The molecular weight excluding hydrogens is 236 g/mol. The van der Waals surface area contributed by atoms with Gasteiger partial charge in [-0.3, -0.25) is 4.79 Å². The number of carbonyl (C=O) groups is 1. The molecular formula is C17H32O2. The maximum atomic E-state index is 10.4. The van der Waals surface area contributed by atoms with Crippen molar-refractivity contribution in [3.63, 3.8) is 0 Å². The summed E-state index contributed by atoms with van der Waals surface area (Å²) in [5.41, 5.74) is 1.48. The first-order valence-electron chi connectivity index (χ1n) is 8.04. The Hall–Kier alpha value is -0.790. The lowest BCUT2D eigenvalue weighted by molar-refractivity contribution is -0.137. The van der Waals surface area contributed by atoms with Crippen LogP contribution in [-0.4, -0.2) is 11.1 Å². The van der Waals surface area contributed by atoms with Gasteiger partial charge in [-0.2, -0.15) is 0 Å². The van der Waals surface area contributed by atoms with Gasteiger partial charge >= 0.3 is 5.97 Å². The molecule has 19 heavy (non-hydrogen) atoms. The molecule has 0 atom stereocenters. The van der Waals surface area contributed by atoms with Crippen LogP contribution in [0.15, 0.2) is 11.6 Å². The molecule has 0 aliphatic heterocycles. The zero-order chi connectivity index (χ0) is 14.3. The summed E-state index contributed by atoms with van der Waals surface area (Å²) in [4.78, 5) is 10.4. The molecule has 0 saturated carbocycles. The lowest BCUT2D eigenvalue weighted by Crippen LogP contribution is -1.93. The van der Waals surface area contributed by atoms with E-state index in [2.05, 4.69) is 19.9 Å². The molecule has 0 unspecified atom stereocenters. The first-order valence-corrected chi connectivity index (χ1v) is 8.04. The van der Waals surface area contributed by atoms with E-state index in [0.717, 1.165) is 25.7 Å². The average Bonchev–Trinajstić information content (AvgIpc) is 2.37. The van der Waals surface area contributed by atoms with E-state index in [1.165, 1.54) is 50.5 Å². The Morgan fingerprint density at radius 1 is 0.895 bits per heavy atom. The van der Waals surface area contributed by atoms with Crippen molar-refractivity contribution in [3.8, 4) is 0 Å². The quantitative estimate of drug-likeness (QED) is 0.343. The molecule has 0 radical (unpaired) electrons. The van der Waals surface area contributed by atoms with Gasteiger partial charge in [0.25, 0.3) is 0 Å². The smallest absolute Gasteiger partial charge is 0.303 e. The third kappa shape index (κ3) is 15.2. The first-order chi connectivity index (χ1) is 9.16. The minimum atomic E-state index is -0.671. The van der Waals surface area contributed by atoms with E-state index in [4.69, 9.17) is 5.11 Å². The molecule has 0 rings (SSSR count). The van der Waals surface area contributed by atoms with Crippen LogP contribution in [0.5, 0.6) is 0 Å². The van der Waals surface area contributed by atoms with E-state index < -0.39 is 5.97 Å². The second-order valence-electron chi connectivity index (χ2n) is 5.56. The molecule has 0 aromatic rings. The summed E-state index contributed by atoms with van der Waals surface area (Å²) in [7, 11) is 0. The monoisotopic (exact) mass is 268 g/mol. The van der Waals surface area contributed by atoms with Crippen LogP contribution in [0.1, 0.15) is 90.9 Å². The van der Waals surface area contributed by atoms with Gasteiger partial charge in [-0.1, -0.05) is 57.1 Å². The Balaban J connectivity index is 3.32. The van der Waals surface area contributed by atoms with Gasteiger partial charge in [0, 0.05) is 6.42 Å². The Morgan fingerprint density at radius 3 is 2.16 bits per heavy atom. The van der Waals surface area contributed by atoms with Gasteiger partial charge in [-0.25, -0.2) is 0 Å². The molecule has 112 valence electrons. The molecule has 1 N–H and O–H groups in total. The fourth-order valence-electron chi connectivity index (χ4n) is 2.23. The third-order valence-corrected chi connectivity index (χ3v) is 3.51. The van der Waals surface area contributed by atoms with E-state index in [9.17, 15) is 4.79 Å². The summed E-state index contributed by atoms with van der Waals surface area (Å²) in [6, 6.07) is 0. The van der Waals surface area contributed by atoms with Crippen LogP contribution in [-0.2, 0) is 4.79 Å². The van der Waals surface area contributed by atoms with Crippen LogP contribution < -0.4 is 0 Å². The van der Waals surface area contributed by atoms with Crippen molar-refractivity contribution in [2.24, 2.45) is 0 Å². The van der Waals surface area contributed by atoms with E-state index in [-0.39, 0.29) is 0 Å². The number of allylic oxidation sites excluding steroid dienone is 2. The second-order valence-corrected chi connectivity index (χ2v) is 5.56. The van der Waals surface area contributed by atoms with E-state index in [1.54, 1.807) is 0 Å². The van der Waals surface area contributed by atoms with Crippen LogP contribution in [0.3, 0.4) is 0 Å². The second kappa shape index (κ2) is 13.6. The molecule has 0 aromatic carbocycles. The molecule has 0 bridgehead atoms. The maximum Gasteiger partial charge on any atom is 0.303 e. The zero-order valence-electron chi connectivity index (χ0n) is 12.9. The van der Waals surface area contributed by atoms with Gasteiger partial charge in [0.1, 0.15) is 0 Å². The predicted octanol–water partition coefficient (Wildman–Crippen LogP) is 5.72. The highest BCUT2D eigenvalue weighted by Gasteiger charge is 1.97. The molecule has 0 aromatic heterocycles. The fraction of sp³-hybridized carbons (Fsp3) is 0.824. The van der Waals surface area contributed by atoms with Gasteiger partial charge in [-0.15, -0.1) is 0 Å². The van der Waals surface area contributed by atoms with Gasteiger partial charge in [0.05, 0.1) is 0 Å². The summed E-state index contributed by atoms with van der Waals surface area (Å²) in [5.74, 6) is -0.671. The van der Waals surface area contributed by atoms with E-state index in [1.807, 2.05) is 0 Å². The van der Waals surface area contributed by atoms with E-state index in [0.29, 0.717) is 6.42 Å². The van der Waals surface area contributed by atoms with Crippen LogP contribution in [0.2, 0.25) is 0 Å². The van der Waals surface area contributed by atoms with Crippen LogP contribution in [0, 0.1) is 0 Å². The summed E-state index contributed by atoms with van der Waals surface area (Å²) >= 11 is 0. The Labute approximate surface area is 119 Å². The molecule has 0 saturated heterocycles. The largest absolute Gasteiger partial charge is 0.481 e. The normalized spacial score (nSPS) is 11.8. The Kier molecular flexibility index (Phi) is 13.1. The van der Waals surface area contributed by atoms with Gasteiger partial charge in [0.2, 0.25) is 0 Å². The highest BCUT2D eigenvalue weighted by atomic mass is 16.4. The maximum absolute atomic E-state index is 10.4. The summed E-state index contributed by atoms with van der Waals surface area (Å²) < 4.78 is 0. The van der Waals surface area contributed by atoms with Gasteiger partial charge < -0.3 is 5.11 Å². The predicted molar refractivity (Wildman–Crippen MR) is 82.5 cm³/mol. The van der Waals surface area contributed by atoms with Crippen LogP contribution in [0.4, 0.5) is 0 Å². The summed E-state index contributed by atoms with van der Waals surface area (Å²) in [6.07, 6.45) is 16.2. The molecule has 0 fully saturated rings. The standard InChI is InChI=1S/C17H32O2/c1-3-4-5-6-7-8-10-13-16(2)14-11-9-12-15-17(18)19/h13H,3-12,14-15H2,1-2H3,(H,18,19)/b16-13+. The van der Waals surface area contributed by atoms with Crippen LogP contribution in [0.25, 0.3) is 0 Å². The van der Waals surface area contributed by atoms with Crippen molar-refractivity contribution in [2.75, 3.05) is 0 Å². The van der Waals surface area contributed by atoms with Crippen molar-refractivity contribution < 1.29 is 9.90 Å². The SMILES string of the molecule is CCCCCCCC/C=C(\C)CCCCCC(=O)O. The third-order valence-electron chi connectivity index (χ3n) is 3.51. The molecule has 2 nitrogen and oxygen atoms in total. The van der Waals surface area contributed by atoms with Crippen molar-refractivity contribution in [3.05, 3.63) is 11.6 Å². The molecule has 0 spiro atoms. The lowest BCUT2D eigenvalue weighted by atomic mass is 10.0. The highest BCUT2D eigenvalue weighted by Crippen LogP contribution is 2.12. The van der Waals surface area contributed by atoms with Crippen molar-refractivity contribution in [1.29, 1.82) is 0 Å². The zero-order valence-corrected chi connectivity index (χ0v) is 12.9. The molecule has 0 aliphatic carbocycles. The number of rotatable bonds is 13. The molecule has 0 heterocycles. The fourth-order valence-corrected chi connectivity index (χ4v) is 2.23. The molecule has 2 heteroatoms. The topological polar surface area (TPSA) is 37.3 Å². The molecule has 0 aliphatic rings. The highest BCUT2D eigenvalue weighted by molar-refractivity contribution is 5.66.